The number of aromatic nitrogens is 4. The third kappa shape index (κ3) is 3.49. The van der Waals surface area contributed by atoms with E-state index in [4.69, 9.17) is 14.7 Å². The Hall–Kier alpha value is -2.51. The van der Waals surface area contributed by atoms with Crippen molar-refractivity contribution in [2.24, 2.45) is 12.5 Å². The van der Waals surface area contributed by atoms with E-state index < -0.39 is 0 Å². The van der Waals surface area contributed by atoms with Gasteiger partial charge < -0.3 is 14.7 Å². The van der Waals surface area contributed by atoms with Gasteiger partial charge in [-0.1, -0.05) is 0 Å². The third-order valence-corrected chi connectivity index (χ3v) is 7.14. The van der Waals surface area contributed by atoms with Crippen LogP contribution >= 0.6 is 0 Å². The fraction of sp³-hybridized carbons (Fsp3) is 0.542. The molecule has 7 heteroatoms. The molecule has 31 heavy (non-hydrogen) atoms. The average Bonchev–Trinajstić information content (AvgIpc) is 3.30. The number of aliphatic hydroxyl groups is 1. The van der Waals surface area contributed by atoms with Crippen molar-refractivity contribution in [3.05, 3.63) is 35.3 Å². The van der Waals surface area contributed by atoms with Gasteiger partial charge in [-0.05, 0) is 63.1 Å². The number of ether oxygens (including phenoxy) is 1. The van der Waals surface area contributed by atoms with E-state index in [1.807, 2.05) is 24.9 Å². The Morgan fingerprint density at radius 3 is 2.65 bits per heavy atom. The summed E-state index contributed by atoms with van der Waals surface area (Å²) < 4.78 is 7.74. The molecule has 164 valence electrons. The van der Waals surface area contributed by atoms with Crippen molar-refractivity contribution in [2.75, 3.05) is 24.6 Å². The van der Waals surface area contributed by atoms with Crippen LogP contribution in [0.15, 0.2) is 18.3 Å². The van der Waals surface area contributed by atoms with E-state index in [1.165, 1.54) is 0 Å². The lowest BCUT2D eigenvalue weighted by Gasteiger charge is -2.39. The van der Waals surface area contributed by atoms with Crippen LogP contribution in [0.25, 0.3) is 22.2 Å². The van der Waals surface area contributed by atoms with Gasteiger partial charge in [-0.2, -0.15) is 5.10 Å². The minimum Gasteiger partial charge on any atom is -0.390 e. The smallest absolute Gasteiger partial charge is 0.153 e. The van der Waals surface area contributed by atoms with Crippen LogP contribution in [-0.4, -0.2) is 50.7 Å². The maximum atomic E-state index is 10.1. The van der Waals surface area contributed by atoms with E-state index in [0.717, 1.165) is 78.2 Å². The molecule has 0 amide bonds. The van der Waals surface area contributed by atoms with Crippen LogP contribution < -0.4 is 4.90 Å². The molecule has 2 saturated heterocycles. The number of anilines is 1. The van der Waals surface area contributed by atoms with Gasteiger partial charge in [0.25, 0.3) is 0 Å². The summed E-state index contributed by atoms with van der Waals surface area (Å²) in [7, 11) is 1.95. The van der Waals surface area contributed by atoms with E-state index >= 15 is 0 Å². The lowest BCUT2D eigenvalue weighted by molar-refractivity contribution is 0.0975. The molecule has 0 aliphatic carbocycles. The molecule has 2 aliphatic heterocycles. The highest BCUT2D eigenvalue weighted by Crippen LogP contribution is 2.43. The summed E-state index contributed by atoms with van der Waals surface area (Å²) in [5.41, 5.74) is 5.91. The molecule has 3 aromatic rings. The third-order valence-electron chi connectivity index (χ3n) is 7.14. The van der Waals surface area contributed by atoms with Crippen LogP contribution in [0.3, 0.4) is 0 Å². The van der Waals surface area contributed by atoms with Crippen molar-refractivity contribution < 1.29 is 9.84 Å². The lowest BCUT2D eigenvalue weighted by Crippen LogP contribution is -2.41. The normalized spacial score (nSPS) is 20.8. The average molecular weight is 422 g/mol. The predicted molar refractivity (Wildman–Crippen MR) is 121 cm³/mol. The quantitative estimate of drug-likeness (QED) is 0.697. The number of nitrogens with zero attached hydrogens (tertiary/aromatic N) is 5. The first kappa shape index (κ1) is 20.4. The monoisotopic (exact) mass is 421 g/mol. The fourth-order valence-corrected chi connectivity index (χ4v) is 5.31. The SMILES string of the molecule is Cc1cc2cnn(C)c2cc1-c1nc(CO)c(N2CCC3(CC2)CO[C@@H](C)C3)nc1C. The molecule has 0 unspecified atom stereocenters. The number of aliphatic hydroxyl groups excluding tert-OH is 1. The van der Waals surface area contributed by atoms with E-state index in [-0.39, 0.29) is 6.61 Å². The first-order chi connectivity index (χ1) is 14.9. The second kappa shape index (κ2) is 7.57. The minimum atomic E-state index is -0.121. The molecule has 0 radical (unpaired) electrons. The summed E-state index contributed by atoms with van der Waals surface area (Å²) in [4.78, 5) is 12.2. The van der Waals surface area contributed by atoms with Gasteiger partial charge in [0, 0.05) is 31.1 Å². The van der Waals surface area contributed by atoms with Gasteiger partial charge in [0.2, 0.25) is 0 Å². The molecule has 5 rings (SSSR count). The second-order valence-electron chi connectivity index (χ2n) is 9.39. The largest absolute Gasteiger partial charge is 0.390 e. The lowest BCUT2D eigenvalue weighted by atomic mass is 9.77. The molecule has 1 aromatic carbocycles. The first-order valence-corrected chi connectivity index (χ1v) is 11.2. The maximum absolute atomic E-state index is 10.1. The first-order valence-electron chi connectivity index (χ1n) is 11.2. The van der Waals surface area contributed by atoms with E-state index in [0.29, 0.717) is 17.2 Å². The van der Waals surface area contributed by atoms with Crippen LogP contribution in [0.1, 0.15) is 43.1 Å². The van der Waals surface area contributed by atoms with Crippen molar-refractivity contribution in [1.82, 2.24) is 19.7 Å². The van der Waals surface area contributed by atoms with Crippen molar-refractivity contribution >= 4 is 16.7 Å². The number of aryl methyl sites for hydroxylation is 3. The van der Waals surface area contributed by atoms with Gasteiger partial charge in [-0.25, -0.2) is 9.97 Å². The number of fused-ring (bicyclic) bond motifs is 1. The van der Waals surface area contributed by atoms with Crippen molar-refractivity contribution in [3.63, 3.8) is 0 Å². The Labute approximate surface area is 183 Å². The van der Waals surface area contributed by atoms with Crippen LogP contribution in [0, 0.1) is 19.3 Å². The molecule has 2 aromatic heterocycles. The van der Waals surface area contributed by atoms with Crippen LogP contribution in [-0.2, 0) is 18.4 Å². The second-order valence-corrected chi connectivity index (χ2v) is 9.39. The van der Waals surface area contributed by atoms with E-state index in [1.54, 1.807) is 0 Å². The molecule has 2 fully saturated rings. The van der Waals surface area contributed by atoms with Gasteiger partial charge in [0.1, 0.15) is 5.69 Å². The Kier molecular flexibility index (Phi) is 4.98. The summed E-state index contributed by atoms with van der Waals surface area (Å²) in [6, 6.07) is 4.27. The van der Waals surface area contributed by atoms with Crippen molar-refractivity contribution in [2.45, 2.75) is 52.7 Å². The molecular weight excluding hydrogens is 390 g/mol. The van der Waals surface area contributed by atoms with Gasteiger partial charge in [0.15, 0.2) is 5.82 Å². The van der Waals surface area contributed by atoms with Crippen LogP contribution in [0.5, 0.6) is 0 Å². The minimum absolute atomic E-state index is 0.121. The zero-order chi connectivity index (χ0) is 21.8. The molecule has 0 bridgehead atoms. The van der Waals surface area contributed by atoms with Gasteiger partial charge in [0.05, 0.1) is 42.4 Å². The molecule has 7 nitrogen and oxygen atoms in total. The Morgan fingerprint density at radius 1 is 1.19 bits per heavy atom. The highest BCUT2D eigenvalue weighted by Gasteiger charge is 2.41. The Balaban J connectivity index is 1.48. The highest BCUT2D eigenvalue weighted by atomic mass is 16.5. The predicted octanol–water partition coefficient (Wildman–Crippen LogP) is 3.53. The summed E-state index contributed by atoms with van der Waals surface area (Å²) in [6.45, 7) is 8.87. The summed E-state index contributed by atoms with van der Waals surface area (Å²) in [6.07, 6.45) is 5.59. The Bertz CT molecular complexity index is 1130. The summed E-state index contributed by atoms with van der Waals surface area (Å²) >= 11 is 0. The standard InChI is InChI=1S/C24H31N5O2/c1-15-9-18-12-25-28(4)21(18)10-19(15)22-17(3)26-23(20(13-30)27-22)29-7-5-24(6-8-29)11-16(2)31-14-24/h9-10,12,16,30H,5-8,11,13-14H2,1-4H3/t16-/m0/s1. The molecule has 1 atom stereocenters. The molecule has 2 aliphatic rings. The molecule has 1 N–H and O–H groups in total. The van der Waals surface area contributed by atoms with Crippen LogP contribution in [0.2, 0.25) is 0 Å². The molecule has 0 saturated carbocycles. The summed E-state index contributed by atoms with van der Waals surface area (Å²) in [5.74, 6) is 0.824. The molecule has 4 heterocycles. The maximum Gasteiger partial charge on any atom is 0.153 e. The fourth-order valence-electron chi connectivity index (χ4n) is 5.31. The van der Waals surface area contributed by atoms with Crippen molar-refractivity contribution in [3.8, 4) is 11.3 Å². The van der Waals surface area contributed by atoms with Gasteiger partial charge >= 0.3 is 0 Å². The van der Waals surface area contributed by atoms with E-state index in [2.05, 4.69) is 36.0 Å². The zero-order valence-electron chi connectivity index (χ0n) is 18.9. The van der Waals surface area contributed by atoms with Gasteiger partial charge in [-0.15, -0.1) is 0 Å². The van der Waals surface area contributed by atoms with E-state index in [9.17, 15) is 5.11 Å². The number of piperidine rings is 1. The number of benzene rings is 1. The van der Waals surface area contributed by atoms with Crippen molar-refractivity contribution in [1.29, 1.82) is 0 Å². The van der Waals surface area contributed by atoms with Gasteiger partial charge in [-0.3, -0.25) is 4.68 Å². The number of hydrogen-bond donors (Lipinski definition) is 1. The highest BCUT2D eigenvalue weighted by molar-refractivity contribution is 5.86. The number of hydrogen-bond acceptors (Lipinski definition) is 6. The Morgan fingerprint density at radius 2 is 1.97 bits per heavy atom. The van der Waals surface area contributed by atoms with Crippen LogP contribution in [0.4, 0.5) is 5.82 Å². The topological polar surface area (TPSA) is 76.3 Å². The molecular formula is C24H31N5O2. The summed E-state index contributed by atoms with van der Waals surface area (Å²) in [5, 5.41) is 15.6. The molecule has 1 spiro atoms. The number of rotatable bonds is 3. The zero-order valence-corrected chi connectivity index (χ0v) is 18.9.